The third-order valence-corrected chi connectivity index (χ3v) is 6.77. The zero-order valence-electron chi connectivity index (χ0n) is 19.1. The second-order valence-corrected chi connectivity index (χ2v) is 9.16. The molecule has 0 spiro atoms. The number of amides is 1. The summed E-state index contributed by atoms with van der Waals surface area (Å²) in [6.45, 7) is 6.80. The monoisotopic (exact) mass is 488 g/mol. The summed E-state index contributed by atoms with van der Waals surface area (Å²) in [5, 5.41) is 1.08. The molecule has 1 atom stereocenters. The molecule has 6 nitrogen and oxygen atoms in total. The average molecular weight is 489 g/mol. The number of esters is 1. The van der Waals surface area contributed by atoms with Crippen LogP contribution in [-0.2, 0) is 19.1 Å². The standard InChI is InChI=1S/C25H26Cl2N2O4/c1-14-10-17(15(2)29(14)22-8-7-18(26)12-21(22)27)11-20-23(25(31)32-4)16(3)28(24(20)30)13-19-6-5-9-33-19/h7-8,10-12,19H,5-6,9,13H2,1-4H3/b20-11+/t19-/m1/s1. The number of carbonyl (C=O) groups is 2. The van der Waals surface area contributed by atoms with Crippen molar-refractivity contribution in [2.75, 3.05) is 20.3 Å². The van der Waals surface area contributed by atoms with Crippen molar-refractivity contribution in [1.82, 2.24) is 9.47 Å². The number of allylic oxidation sites excluding steroid dienone is 1. The zero-order valence-corrected chi connectivity index (χ0v) is 20.6. The molecule has 0 aliphatic carbocycles. The zero-order chi connectivity index (χ0) is 23.9. The van der Waals surface area contributed by atoms with Crippen LogP contribution in [0.2, 0.25) is 10.0 Å². The topological polar surface area (TPSA) is 60.8 Å². The molecule has 0 radical (unpaired) electrons. The van der Waals surface area contributed by atoms with E-state index in [9.17, 15) is 9.59 Å². The molecule has 0 bridgehead atoms. The number of carbonyl (C=O) groups excluding carboxylic acids is 2. The first-order chi connectivity index (χ1) is 15.7. The second kappa shape index (κ2) is 9.37. The quantitative estimate of drug-likeness (QED) is 0.425. The van der Waals surface area contributed by atoms with Gasteiger partial charge < -0.3 is 18.9 Å². The Balaban J connectivity index is 1.77. The fraction of sp³-hybridized carbons (Fsp3) is 0.360. The molecule has 2 aromatic rings. The van der Waals surface area contributed by atoms with Crippen LogP contribution >= 0.6 is 23.2 Å². The van der Waals surface area contributed by atoms with Gasteiger partial charge in [0.05, 0.1) is 41.6 Å². The molecule has 1 saturated heterocycles. The highest BCUT2D eigenvalue weighted by atomic mass is 35.5. The molecule has 1 amide bonds. The van der Waals surface area contributed by atoms with Gasteiger partial charge >= 0.3 is 5.97 Å². The maximum absolute atomic E-state index is 13.4. The lowest BCUT2D eigenvalue weighted by molar-refractivity contribution is -0.136. The van der Waals surface area contributed by atoms with E-state index >= 15 is 0 Å². The third-order valence-electron chi connectivity index (χ3n) is 6.23. The predicted molar refractivity (Wildman–Crippen MR) is 129 cm³/mol. The molecule has 33 heavy (non-hydrogen) atoms. The summed E-state index contributed by atoms with van der Waals surface area (Å²) in [5.41, 5.74) is 4.62. The van der Waals surface area contributed by atoms with Crippen molar-refractivity contribution in [2.24, 2.45) is 0 Å². The number of hydrogen-bond acceptors (Lipinski definition) is 4. The molecule has 0 saturated carbocycles. The van der Waals surface area contributed by atoms with Crippen molar-refractivity contribution in [3.8, 4) is 5.69 Å². The summed E-state index contributed by atoms with van der Waals surface area (Å²) in [4.78, 5) is 27.7. The van der Waals surface area contributed by atoms with Crippen LogP contribution in [0.5, 0.6) is 0 Å². The molecule has 2 aliphatic heterocycles. The smallest absolute Gasteiger partial charge is 0.340 e. The lowest BCUT2D eigenvalue weighted by Gasteiger charge is -2.21. The Kier molecular flexibility index (Phi) is 6.71. The van der Waals surface area contributed by atoms with Crippen LogP contribution in [0.15, 0.2) is 41.1 Å². The molecule has 8 heteroatoms. The Morgan fingerprint density at radius 1 is 1.24 bits per heavy atom. The van der Waals surface area contributed by atoms with Crippen LogP contribution in [0.1, 0.15) is 36.7 Å². The van der Waals surface area contributed by atoms with Crippen molar-refractivity contribution in [1.29, 1.82) is 0 Å². The number of benzene rings is 1. The molecule has 1 aromatic heterocycles. The molecule has 2 aliphatic rings. The summed E-state index contributed by atoms with van der Waals surface area (Å²) in [6, 6.07) is 7.30. The van der Waals surface area contributed by atoms with Crippen LogP contribution in [0.25, 0.3) is 11.8 Å². The van der Waals surface area contributed by atoms with E-state index in [0.717, 1.165) is 35.5 Å². The van der Waals surface area contributed by atoms with Gasteiger partial charge in [-0.15, -0.1) is 0 Å². The van der Waals surface area contributed by atoms with Crippen molar-refractivity contribution in [2.45, 2.75) is 39.7 Å². The number of ether oxygens (including phenoxy) is 2. The Morgan fingerprint density at radius 3 is 2.64 bits per heavy atom. The molecule has 3 heterocycles. The molecular weight excluding hydrogens is 463 g/mol. The molecule has 4 rings (SSSR count). The number of methoxy groups -OCH3 is 1. The van der Waals surface area contributed by atoms with E-state index in [1.54, 1.807) is 30.0 Å². The highest BCUT2D eigenvalue weighted by molar-refractivity contribution is 6.35. The fourth-order valence-corrected chi connectivity index (χ4v) is 5.06. The number of hydrogen-bond donors (Lipinski definition) is 0. The highest BCUT2D eigenvalue weighted by Gasteiger charge is 2.38. The van der Waals surface area contributed by atoms with Crippen molar-refractivity contribution in [3.63, 3.8) is 0 Å². The van der Waals surface area contributed by atoms with Gasteiger partial charge in [0.2, 0.25) is 0 Å². The molecule has 0 unspecified atom stereocenters. The van der Waals surface area contributed by atoms with Gasteiger partial charge in [-0.25, -0.2) is 4.79 Å². The minimum absolute atomic E-state index is 0.0285. The summed E-state index contributed by atoms with van der Waals surface area (Å²) in [7, 11) is 1.32. The first kappa shape index (κ1) is 23.6. The summed E-state index contributed by atoms with van der Waals surface area (Å²) in [5.74, 6) is -0.755. The summed E-state index contributed by atoms with van der Waals surface area (Å²) in [6.07, 6.45) is 3.60. The Labute approximate surface area is 203 Å². The van der Waals surface area contributed by atoms with Crippen LogP contribution < -0.4 is 0 Å². The summed E-state index contributed by atoms with van der Waals surface area (Å²) < 4.78 is 12.7. The Bertz CT molecular complexity index is 1190. The van der Waals surface area contributed by atoms with E-state index in [0.29, 0.717) is 34.5 Å². The van der Waals surface area contributed by atoms with Gasteiger partial charge in [0.1, 0.15) is 0 Å². The highest BCUT2D eigenvalue weighted by Crippen LogP contribution is 2.35. The van der Waals surface area contributed by atoms with Crippen molar-refractivity contribution < 1.29 is 19.1 Å². The van der Waals surface area contributed by atoms with E-state index in [4.69, 9.17) is 32.7 Å². The van der Waals surface area contributed by atoms with Gasteiger partial charge in [-0.3, -0.25) is 4.79 Å². The molecule has 1 fully saturated rings. The fourth-order valence-electron chi connectivity index (χ4n) is 4.56. The predicted octanol–water partition coefficient (Wildman–Crippen LogP) is 5.25. The van der Waals surface area contributed by atoms with Crippen LogP contribution in [0.3, 0.4) is 0 Å². The normalized spacial score (nSPS) is 19.8. The maximum Gasteiger partial charge on any atom is 0.340 e. The van der Waals surface area contributed by atoms with Crippen molar-refractivity contribution in [3.05, 3.63) is 68.1 Å². The minimum atomic E-state index is -0.531. The first-order valence-corrected chi connectivity index (χ1v) is 11.6. The SMILES string of the molecule is COC(=O)C1=C(C)N(C[C@H]2CCCO2)C(=O)/C1=C/c1cc(C)n(-c2ccc(Cl)cc2Cl)c1C. The van der Waals surface area contributed by atoms with Gasteiger partial charge in [0, 0.05) is 28.7 Å². The maximum atomic E-state index is 13.4. The molecule has 174 valence electrons. The number of rotatable bonds is 5. The number of nitrogens with zero attached hydrogens (tertiary/aromatic N) is 2. The van der Waals surface area contributed by atoms with Gasteiger partial charge in [-0.2, -0.15) is 0 Å². The third kappa shape index (κ3) is 4.35. The van der Waals surface area contributed by atoms with E-state index in [1.165, 1.54) is 7.11 Å². The molecular formula is C25H26Cl2N2O4. The van der Waals surface area contributed by atoms with E-state index in [1.807, 2.05) is 30.5 Å². The lowest BCUT2D eigenvalue weighted by Crippen LogP contribution is -2.33. The van der Waals surface area contributed by atoms with Crippen LogP contribution in [0, 0.1) is 13.8 Å². The molecule has 0 N–H and O–H groups in total. The van der Waals surface area contributed by atoms with Gasteiger partial charge in [-0.1, -0.05) is 23.2 Å². The first-order valence-electron chi connectivity index (χ1n) is 10.8. The van der Waals surface area contributed by atoms with Crippen molar-refractivity contribution >= 4 is 41.2 Å². The van der Waals surface area contributed by atoms with Crippen LogP contribution in [0.4, 0.5) is 0 Å². The van der Waals surface area contributed by atoms with Gasteiger partial charge in [0.15, 0.2) is 0 Å². The number of aromatic nitrogens is 1. The van der Waals surface area contributed by atoms with Gasteiger partial charge in [0.25, 0.3) is 5.91 Å². The van der Waals surface area contributed by atoms with E-state index < -0.39 is 5.97 Å². The summed E-state index contributed by atoms with van der Waals surface area (Å²) >= 11 is 12.5. The van der Waals surface area contributed by atoms with E-state index in [-0.39, 0.29) is 17.6 Å². The van der Waals surface area contributed by atoms with Crippen LogP contribution in [-0.4, -0.2) is 47.7 Å². The largest absolute Gasteiger partial charge is 0.465 e. The second-order valence-electron chi connectivity index (χ2n) is 8.32. The molecule has 1 aromatic carbocycles. The Hall–Kier alpha value is -2.54. The number of halogens is 2. The van der Waals surface area contributed by atoms with Gasteiger partial charge in [-0.05, 0) is 69.5 Å². The average Bonchev–Trinajstić information content (AvgIpc) is 3.44. The lowest BCUT2D eigenvalue weighted by atomic mass is 10.0. The number of aryl methyl sites for hydroxylation is 1. The Morgan fingerprint density at radius 2 is 2.00 bits per heavy atom. The van der Waals surface area contributed by atoms with E-state index in [2.05, 4.69) is 0 Å². The minimum Gasteiger partial charge on any atom is -0.465 e.